The van der Waals surface area contributed by atoms with E-state index in [-0.39, 0.29) is 22.5 Å². The summed E-state index contributed by atoms with van der Waals surface area (Å²) < 4.78 is 89.4. The molecule has 0 aliphatic carbocycles. The first-order valence-corrected chi connectivity index (χ1v) is 25.0. The molecule has 12 rings (SSSR count). The molecule has 374 valence electrons. The molecule has 0 atom stereocenters. The van der Waals surface area contributed by atoms with Crippen molar-refractivity contribution in [1.29, 1.82) is 0 Å². The molecule has 9 heteroatoms. The van der Waals surface area contributed by atoms with Gasteiger partial charge < -0.3 is 0 Å². The third-order valence-electron chi connectivity index (χ3n) is 13.9. The van der Waals surface area contributed by atoms with E-state index in [2.05, 4.69) is 52.4 Å². The number of aromatic nitrogens is 3. The summed E-state index contributed by atoms with van der Waals surface area (Å²) in [6.45, 7) is 0. The van der Waals surface area contributed by atoms with E-state index in [0.29, 0.717) is 50.1 Å². The van der Waals surface area contributed by atoms with E-state index in [1.165, 1.54) is 48.5 Å². The van der Waals surface area contributed by atoms with E-state index in [4.69, 9.17) is 4.98 Å². The summed E-state index contributed by atoms with van der Waals surface area (Å²) in [5, 5.41) is 0. The fourth-order valence-electron chi connectivity index (χ4n) is 10.0. The molecular formula is C69H41F6N3. The van der Waals surface area contributed by atoms with Gasteiger partial charge in [0.2, 0.25) is 0 Å². The van der Waals surface area contributed by atoms with Gasteiger partial charge in [-0.1, -0.05) is 133 Å². The molecule has 0 amide bonds. The van der Waals surface area contributed by atoms with Crippen molar-refractivity contribution in [1.82, 2.24) is 15.0 Å². The van der Waals surface area contributed by atoms with Crippen LogP contribution in [0.25, 0.3) is 123 Å². The van der Waals surface area contributed by atoms with Gasteiger partial charge in [-0.3, -0.25) is 15.0 Å². The summed E-state index contributed by atoms with van der Waals surface area (Å²) in [4.78, 5) is 14.2. The standard InChI is InChI=1S/C69H41F6N3/c70-51-21-25-56(46-19-29-67(76-39-46)59-27-23-53(72)36-65(59)74)61(34-51)49-31-48(32-50(33-49)62-35-52(71)22-26-57(62)47-20-30-68(77-40-47)60-28-24-54(73)37-66(60)75)55-13-7-8-14-58(55)64-41-78-69(45-11-5-2-6-12-45)38-63(64)44-17-15-43(16-18-44)42-9-3-1-4-10-42/h1-41H. The molecule has 9 aromatic carbocycles. The molecule has 0 aliphatic rings. The number of hydrogen-bond donors (Lipinski definition) is 0. The van der Waals surface area contributed by atoms with Gasteiger partial charge in [-0.2, -0.15) is 0 Å². The number of halogens is 6. The predicted molar refractivity (Wildman–Crippen MR) is 299 cm³/mol. The fourth-order valence-corrected chi connectivity index (χ4v) is 10.0. The molecular weight excluding hydrogens is 985 g/mol. The maximum absolute atomic E-state index is 15.9. The van der Waals surface area contributed by atoms with E-state index >= 15 is 8.78 Å². The van der Waals surface area contributed by atoms with Crippen LogP contribution in [0.3, 0.4) is 0 Å². The highest BCUT2D eigenvalue weighted by atomic mass is 19.2. The Labute approximate surface area is 446 Å². The highest BCUT2D eigenvalue weighted by molar-refractivity contribution is 5.97. The maximum Gasteiger partial charge on any atom is 0.135 e. The Morgan fingerprint density at radius 2 is 0.564 bits per heavy atom. The Balaban J connectivity index is 1.05. The average Bonchev–Trinajstić information content (AvgIpc) is 3.56. The van der Waals surface area contributed by atoms with Crippen molar-refractivity contribution >= 4 is 0 Å². The first-order valence-electron chi connectivity index (χ1n) is 25.0. The minimum Gasteiger partial charge on any atom is -0.256 e. The number of nitrogens with zero attached hydrogens (tertiary/aromatic N) is 3. The summed E-state index contributed by atoms with van der Waals surface area (Å²) in [6.07, 6.45) is 5.02. The topological polar surface area (TPSA) is 38.7 Å². The summed E-state index contributed by atoms with van der Waals surface area (Å²) in [7, 11) is 0. The molecule has 0 N–H and O–H groups in total. The van der Waals surface area contributed by atoms with Crippen molar-refractivity contribution in [3.63, 3.8) is 0 Å². The molecule has 0 fully saturated rings. The van der Waals surface area contributed by atoms with E-state index in [9.17, 15) is 17.6 Å². The lowest BCUT2D eigenvalue weighted by molar-refractivity contribution is 0.584. The summed E-state index contributed by atoms with van der Waals surface area (Å²) in [5.41, 5.74) is 14.3. The Hall–Kier alpha value is -9.99. The van der Waals surface area contributed by atoms with Gasteiger partial charge in [-0.25, -0.2) is 26.3 Å². The van der Waals surface area contributed by atoms with E-state index in [0.717, 1.165) is 62.3 Å². The van der Waals surface area contributed by atoms with Crippen molar-refractivity contribution in [2.75, 3.05) is 0 Å². The lowest BCUT2D eigenvalue weighted by Crippen LogP contribution is -1.96. The van der Waals surface area contributed by atoms with E-state index in [1.54, 1.807) is 48.8 Å². The van der Waals surface area contributed by atoms with Gasteiger partial charge >= 0.3 is 0 Å². The number of pyridine rings is 3. The largest absolute Gasteiger partial charge is 0.256 e. The van der Waals surface area contributed by atoms with Gasteiger partial charge in [-0.15, -0.1) is 0 Å². The van der Waals surface area contributed by atoms with Crippen LogP contribution in [0.1, 0.15) is 0 Å². The first kappa shape index (κ1) is 48.9. The molecule has 0 unspecified atom stereocenters. The second-order valence-corrected chi connectivity index (χ2v) is 18.8. The Morgan fingerprint density at radius 3 is 1.05 bits per heavy atom. The monoisotopic (exact) mass is 1030 g/mol. The first-order chi connectivity index (χ1) is 38.1. The average molecular weight is 1030 g/mol. The van der Waals surface area contributed by atoms with Crippen molar-refractivity contribution in [3.05, 3.63) is 284 Å². The molecule has 0 radical (unpaired) electrons. The zero-order valence-corrected chi connectivity index (χ0v) is 41.3. The van der Waals surface area contributed by atoms with Gasteiger partial charge in [-0.05, 0) is 157 Å². The molecule has 0 spiro atoms. The quantitative estimate of drug-likeness (QED) is 0.121. The van der Waals surface area contributed by atoms with Crippen molar-refractivity contribution in [2.45, 2.75) is 0 Å². The van der Waals surface area contributed by atoms with Crippen LogP contribution in [-0.2, 0) is 0 Å². The van der Waals surface area contributed by atoms with Crippen molar-refractivity contribution in [3.8, 4) is 123 Å². The molecule has 0 aliphatic heterocycles. The molecule has 0 bridgehead atoms. The maximum atomic E-state index is 15.9. The molecule has 0 saturated carbocycles. The van der Waals surface area contributed by atoms with Crippen LogP contribution in [0.15, 0.2) is 249 Å². The normalized spacial score (nSPS) is 11.2. The second kappa shape index (κ2) is 21.0. The smallest absolute Gasteiger partial charge is 0.135 e. The molecule has 3 heterocycles. The Bertz CT molecular complexity index is 4020. The molecule has 12 aromatic rings. The lowest BCUT2D eigenvalue weighted by Gasteiger charge is -2.19. The van der Waals surface area contributed by atoms with Crippen LogP contribution in [-0.4, -0.2) is 15.0 Å². The van der Waals surface area contributed by atoms with Gasteiger partial charge in [0.05, 0.1) is 17.1 Å². The van der Waals surface area contributed by atoms with E-state index in [1.807, 2.05) is 97.2 Å². The van der Waals surface area contributed by atoms with Crippen LogP contribution in [0, 0.1) is 34.9 Å². The van der Waals surface area contributed by atoms with Crippen molar-refractivity contribution < 1.29 is 26.3 Å². The number of benzene rings is 9. The number of hydrogen-bond acceptors (Lipinski definition) is 3. The van der Waals surface area contributed by atoms with Gasteiger partial charge in [0.15, 0.2) is 0 Å². The minimum absolute atomic E-state index is 0.119. The summed E-state index contributed by atoms with van der Waals surface area (Å²) in [5.74, 6) is -3.97. The highest BCUT2D eigenvalue weighted by Crippen LogP contribution is 2.45. The van der Waals surface area contributed by atoms with Crippen LogP contribution >= 0.6 is 0 Å². The van der Waals surface area contributed by atoms with Crippen LogP contribution in [0.4, 0.5) is 26.3 Å². The third kappa shape index (κ3) is 9.88. The van der Waals surface area contributed by atoms with Gasteiger partial charge in [0, 0.05) is 64.1 Å². The Morgan fingerprint density at radius 1 is 0.192 bits per heavy atom. The molecule has 78 heavy (non-hydrogen) atoms. The Kier molecular flexibility index (Phi) is 13.1. The predicted octanol–water partition coefficient (Wildman–Crippen LogP) is 19.0. The third-order valence-corrected chi connectivity index (χ3v) is 13.9. The molecule has 0 saturated heterocycles. The number of rotatable bonds is 11. The van der Waals surface area contributed by atoms with Gasteiger partial charge in [0.25, 0.3) is 0 Å². The fraction of sp³-hybridized carbons (Fsp3) is 0. The lowest BCUT2D eigenvalue weighted by atomic mass is 9.85. The zero-order valence-electron chi connectivity index (χ0n) is 41.3. The summed E-state index contributed by atoms with van der Waals surface area (Å²) in [6, 6.07) is 66.7. The summed E-state index contributed by atoms with van der Waals surface area (Å²) >= 11 is 0. The molecule has 3 aromatic heterocycles. The minimum atomic E-state index is -0.761. The highest BCUT2D eigenvalue weighted by Gasteiger charge is 2.21. The SMILES string of the molecule is Fc1ccc(-c2ccc(-c3ccc(F)cc3-c3cc(-c4cc(F)ccc4-c4ccc(-c5ccc(F)cc5F)nc4)cc(-c4ccccc4-c4cnc(-c5ccccc5)cc4-c4ccc(-c5ccccc5)cc4)c3)cn2)c(F)c1. The van der Waals surface area contributed by atoms with Crippen LogP contribution < -0.4 is 0 Å². The van der Waals surface area contributed by atoms with E-state index < -0.39 is 34.9 Å². The molecule has 3 nitrogen and oxygen atoms in total. The van der Waals surface area contributed by atoms with Crippen LogP contribution in [0.2, 0.25) is 0 Å². The van der Waals surface area contributed by atoms with Gasteiger partial charge in [0.1, 0.15) is 34.9 Å². The zero-order chi connectivity index (χ0) is 53.3. The second-order valence-electron chi connectivity index (χ2n) is 18.8. The van der Waals surface area contributed by atoms with Crippen molar-refractivity contribution in [2.24, 2.45) is 0 Å². The van der Waals surface area contributed by atoms with Crippen LogP contribution in [0.5, 0.6) is 0 Å².